The summed E-state index contributed by atoms with van der Waals surface area (Å²) >= 11 is 7.76. The van der Waals surface area contributed by atoms with Gasteiger partial charge in [0.25, 0.3) is 0 Å². The maximum absolute atomic E-state index is 6.17. The lowest BCUT2D eigenvalue weighted by Gasteiger charge is -2.12. The third-order valence-electron chi connectivity index (χ3n) is 6.52. The molecular weight excluding hydrogens is 500 g/mol. The molecule has 6 aromatic rings. The molecular formula is C30H21ClN4OS. The molecule has 0 unspecified atom stereocenters. The maximum Gasteiger partial charge on any atom is 0.166 e. The minimum absolute atomic E-state index is 0.567. The van der Waals surface area contributed by atoms with Crippen molar-refractivity contribution in [3.8, 4) is 11.3 Å². The molecule has 1 N–H and O–H groups in total. The first-order valence-corrected chi connectivity index (χ1v) is 13.4. The number of benzene rings is 3. The normalized spacial score (nSPS) is 13.3. The van der Waals surface area contributed by atoms with E-state index in [0.717, 1.165) is 54.4 Å². The third kappa shape index (κ3) is 4.43. The Hall–Kier alpha value is -3.87. The average Bonchev–Trinajstić information content (AvgIpc) is 3.69. The zero-order valence-corrected chi connectivity index (χ0v) is 21.3. The summed E-state index contributed by atoms with van der Waals surface area (Å²) in [6.45, 7) is 0. The van der Waals surface area contributed by atoms with Gasteiger partial charge >= 0.3 is 0 Å². The fourth-order valence-electron chi connectivity index (χ4n) is 4.47. The number of rotatable bonds is 6. The summed E-state index contributed by atoms with van der Waals surface area (Å²) in [5, 5.41) is 15.2. The van der Waals surface area contributed by atoms with E-state index in [1.807, 2.05) is 48.7 Å². The van der Waals surface area contributed by atoms with Crippen molar-refractivity contribution in [2.75, 3.05) is 5.32 Å². The molecule has 7 rings (SSSR count). The second kappa shape index (κ2) is 9.21. The molecule has 1 aliphatic carbocycles. The van der Waals surface area contributed by atoms with Gasteiger partial charge in [0, 0.05) is 50.1 Å². The highest BCUT2D eigenvalue weighted by atomic mass is 35.5. The van der Waals surface area contributed by atoms with Gasteiger partial charge in [0.15, 0.2) is 11.4 Å². The van der Waals surface area contributed by atoms with Gasteiger partial charge in [0.2, 0.25) is 0 Å². The van der Waals surface area contributed by atoms with Crippen LogP contribution in [-0.2, 0) is 0 Å². The minimum Gasteiger partial charge on any atom is -0.458 e. The predicted molar refractivity (Wildman–Crippen MR) is 150 cm³/mol. The van der Waals surface area contributed by atoms with Gasteiger partial charge in [0.05, 0.1) is 4.90 Å². The first-order chi connectivity index (χ1) is 18.2. The van der Waals surface area contributed by atoms with E-state index >= 15 is 0 Å². The number of fused-ring (bicyclic) bond motifs is 2. The SMILES string of the molecule is Clc1ccc(-c2nnc(Nc3ccc(Sc4ccnc5cc(C6CC6)oc45)cc3)c3ccccc23)cc1. The van der Waals surface area contributed by atoms with Crippen molar-refractivity contribution in [2.24, 2.45) is 0 Å². The van der Waals surface area contributed by atoms with Gasteiger partial charge in [-0.05, 0) is 55.3 Å². The monoisotopic (exact) mass is 520 g/mol. The van der Waals surface area contributed by atoms with Crippen molar-refractivity contribution in [2.45, 2.75) is 28.6 Å². The first kappa shape index (κ1) is 22.3. The molecule has 3 aromatic carbocycles. The Morgan fingerprint density at radius 1 is 0.865 bits per heavy atom. The highest BCUT2D eigenvalue weighted by Gasteiger charge is 2.28. The van der Waals surface area contributed by atoms with Gasteiger partial charge < -0.3 is 9.73 Å². The smallest absolute Gasteiger partial charge is 0.166 e. The highest BCUT2D eigenvalue weighted by molar-refractivity contribution is 7.99. The fourth-order valence-corrected chi connectivity index (χ4v) is 5.49. The average molecular weight is 521 g/mol. The summed E-state index contributed by atoms with van der Waals surface area (Å²) in [6.07, 6.45) is 4.27. The summed E-state index contributed by atoms with van der Waals surface area (Å²) in [6, 6.07) is 28.2. The summed E-state index contributed by atoms with van der Waals surface area (Å²) in [4.78, 5) is 6.69. The molecule has 1 fully saturated rings. The Morgan fingerprint density at radius 2 is 1.65 bits per heavy atom. The summed E-state index contributed by atoms with van der Waals surface area (Å²) < 4.78 is 6.17. The second-order valence-electron chi connectivity index (χ2n) is 9.15. The van der Waals surface area contributed by atoms with E-state index in [2.05, 4.69) is 63.0 Å². The van der Waals surface area contributed by atoms with Crippen LogP contribution in [0.3, 0.4) is 0 Å². The Balaban J connectivity index is 1.15. The zero-order chi connectivity index (χ0) is 24.8. The number of hydrogen-bond acceptors (Lipinski definition) is 6. The molecule has 0 saturated heterocycles. The van der Waals surface area contributed by atoms with E-state index in [4.69, 9.17) is 16.0 Å². The molecule has 0 atom stereocenters. The Morgan fingerprint density at radius 3 is 2.43 bits per heavy atom. The van der Waals surface area contributed by atoms with Gasteiger partial charge in [-0.1, -0.05) is 59.8 Å². The van der Waals surface area contributed by atoms with E-state index in [-0.39, 0.29) is 0 Å². The van der Waals surface area contributed by atoms with Crippen LogP contribution in [0.2, 0.25) is 5.02 Å². The number of anilines is 2. The van der Waals surface area contributed by atoms with E-state index in [1.165, 1.54) is 12.8 Å². The van der Waals surface area contributed by atoms with Crippen LogP contribution in [-0.4, -0.2) is 15.2 Å². The van der Waals surface area contributed by atoms with Crippen LogP contribution in [0.4, 0.5) is 11.5 Å². The van der Waals surface area contributed by atoms with Crippen molar-refractivity contribution in [3.63, 3.8) is 0 Å². The third-order valence-corrected chi connectivity index (χ3v) is 7.83. The molecule has 0 aliphatic heterocycles. The van der Waals surface area contributed by atoms with E-state index in [9.17, 15) is 0 Å². The number of pyridine rings is 1. The molecule has 0 amide bonds. The molecule has 0 radical (unpaired) electrons. The van der Waals surface area contributed by atoms with Crippen LogP contribution in [0.1, 0.15) is 24.5 Å². The van der Waals surface area contributed by atoms with Crippen molar-refractivity contribution in [1.82, 2.24) is 15.2 Å². The van der Waals surface area contributed by atoms with Crippen LogP contribution in [0.25, 0.3) is 33.1 Å². The zero-order valence-electron chi connectivity index (χ0n) is 19.7. The number of halogens is 1. The van der Waals surface area contributed by atoms with Crippen LogP contribution in [0.5, 0.6) is 0 Å². The molecule has 5 nitrogen and oxygen atoms in total. The van der Waals surface area contributed by atoms with Crippen LogP contribution in [0, 0.1) is 0 Å². The molecule has 1 aliphatic rings. The summed E-state index contributed by atoms with van der Waals surface area (Å²) in [5.41, 5.74) is 4.55. The molecule has 180 valence electrons. The topological polar surface area (TPSA) is 63.8 Å². The Bertz CT molecular complexity index is 1740. The van der Waals surface area contributed by atoms with Gasteiger partial charge in [-0.3, -0.25) is 4.98 Å². The van der Waals surface area contributed by atoms with Crippen molar-refractivity contribution in [3.05, 3.63) is 102 Å². The molecule has 0 spiro atoms. The lowest BCUT2D eigenvalue weighted by atomic mass is 10.0. The number of nitrogens with one attached hydrogen (secondary N) is 1. The summed E-state index contributed by atoms with van der Waals surface area (Å²) in [5.74, 6) is 2.34. The van der Waals surface area contributed by atoms with Crippen molar-refractivity contribution in [1.29, 1.82) is 0 Å². The quantitative estimate of drug-likeness (QED) is 0.236. The van der Waals surface area contributed by atoms with Crippen molar-refractivity contribution < 1.29 is 4.42 Å². The second-order valence-corrected chi connectivity index (χ2v) is 10.7. The van der Waals surface area contributed by atoms with E-state index in [0.29, 0.717) is 16.8 Å². The molecule has 7 heteroatoms. The lowest BCUT2D eigenvalue weighted by molar-refractivity contribution is 0.546. The predicted octanol–water partition coefficient (Wildman–Crippen LogP) is 8.86. The van der Waals surface area contributed by atoms with E-state index < -0.39 is 0 Å². The molecule has 1 saturated carbocycles. The number of aromatic nitrogens is 3. The highest BCUT2D eigenvalue weighted by Crippen LogP contribution is 2.44. The van der Waals surface area contributed by atoms with Gasteiger partial charge in [-0.15, -0.1) is 10.2 Å². The van der Waals surface area contributed by atoms with Crippen LogP contribution >= 0.6 is 23.4 Å². The molecule has 3 aromatic heterocycles. The number of furan rings is 1. The largest absolute Gasteiger partial charge is 0.458 e. The summed E-state index contributed by atoms with van der Waals surface area (Å²) in [7, 11) is 0. The first-order valence-electron chi connectivity index (χ1n) is 12.2. The maximum atomic E-state index is 6.17. The molecule has 0 bridgehead atoms. The molecule has 3 heterocycles. The molecule has 37 heavy (non-hydrogen) atoms. The Kier molecular flexibility index (Phi) is 5.56. The number of hydrogen-bond donors (Lipinski definition) is 1. The lowest BCUT2D eigenvalue weighted by Crippen LogP contribution is -1.99. The van der Waals surface area contributed by atoms with E-state index in [1.54, 1.807) is 11.8 Å². The van der Waals surface area contributed by atoms with Crippen LogP contribution in [0.15, 0.2) is 105 Å². The fraction of sp³-hybridized carbons (Fsp3) is 0.100. The van der Waals surface area contributed by atoms with Gasteiger partial charge in [-0.2, -0.15) is 0 Å². The minimum atomic E-state index is 0.567. The van der Waals surface area contributed by atoms with Crippen LogP contribution < -0.4 is 5.32 Å². The Labute approximate surface area is 222 Å². The van der Waals surface area contributed by atoms with Gasteiger partial charge in [0.1, 0.15) is 17.0 Å². The number of nitrogens with zero attached hydrogens (tertiary/aromatic N) is 3. The standard InChI is InChI=1S/C30H21ClN4OS/c31-20-9-7-19(8-10-20)28-23-3-1-2-4-24(23)30(35-34-28)33-21-11-13-22(14-12-21)37-27-15-16-32-25-17-26(18-5-6-18)36-29(25)27/h1-4,7-18H,5-6H2,(H,33,35). The van der Waals surface area contributed by atoms with Gasteiger partial charge in [-0.25, -0.2) is 0 Å². The van der Waals surface area contributed by atoms with Crippen molar-refractivity contribution >= 4 is 56.7 Å².